The van der Waals surface area contributed by atoms with Crippen LogP contribution in [0.1, 0.15) is 22.8 Å². The van der Waals surface area contributed by atoms with Crippen LogP contribution in [0, 0.1) is 11.3 Å². The van der Waals surface area contributed by atoms with Crippen LogP contribution in [0.5, 0.6) is 5.75 Å². The zero-order valence-electron chi connectivity index (χ0n) is 12.7. The molecule has 2 aromatic carbocycles. The summed E-state index contributed by atoms with van der Waals surface area (Å²) in [6.45, 7) is 1.54. The third-order valence-electron chi connectivity index (χ3n) is 3.16. The summed E-state index contributed by atoms with van der Waals surface area (Å²) in [6, 6.07) is 12.8. The van der Waals surface area contributed by atoms with E-state index in [-0.39, 0.29) is 11.3 Å². The number of halogens is 1. The number of hydrogen-bond donors (Lipinski definition) is 2. The largest absolute Gasteiger partial charge is 0.480 e. The van der Waals surface area contributed by atoms with Crippen molar-refractivity contribution in [2.75, 3.05) is 5.32 Å². The first kappa shape index (κ1) is 17.3. The van der Waals surface area contributed by atoms with Gasteiger partial charge in [0.1, 0.15) is 5.75 Å². The van der Waals surface area contributed by atoms with E-state index in [4.69, 9.17) is 27.3 Å². The number of nitriles is 1. The van der Waals surface area contributed by atoms with Gasteiger partial charge >= 0.3 is 0 Å². The minimum absolute atomic E-state index is 0.0977. The van der Waals surface area contributed by atoms with Crippen LogP contribution < -0.4 is 15.8 Å². The molecule has 0 saturated heterocycles. The molecule has 2 rings (SSSR count). The molecule has 2 amide bonds. The molecule has 0 radical (unpaired) electrons. The lowest BCUT2D eigenvalue weighted by Crippen LogP contribution is -2.30. The van der Waals surface area contributed by atoms with E-state index >= 15 is 0 Å². The molecular formula is C17H14ClN3O3. The van der Waals surface area contributed by atoms with Gasteiger partial charge in [0.15, 0.2) is 6.10 Å². The Morgan fingerprint density at radius 1 is 1.25 bits per heavy atom. The highest BCUT2D eigenvalue weighted by molar-refractivity contribution is 6.31. The number of nitrogens with zero attached hydrogens (tertiary/aromatic N) is 1. The van der Waals surface area contributed by atoms with Crippen molar-refractivity contribution in [3.05, 3.63) is 58.6 Å². The lowest BCUT2D eigenvalue weighted by atomic mass is 10.2. The van der Waals surface area contributed by atoms with Gasteiger partial charge in [-0.25, -0.2) is 0 Å². The molecule has 0 heterocycles. The molecule has 0 bridgehead atoms. The van der Waals surface area contributed by atoms with E-state index in [9.17, 15) is 9.59 Å². The van der Waals surface area contributed by atoms with Crippen molar-refractivity contribution in [2.24, 2.45) is 5.73 Å². The molecule has 0 unspecified atom stereocenters. The number of benzene rings is 2. The molecule has 0 fully saturated rings. The van der Waals surface area contributed by atoms with Gasteiger partial charge in [-0.05, 0) is 49.4 Å². The van der Waals surface area contributed by atoms with Crippen LogP contribution in [0.3, 0.4) is 0 Å². The number of amides is 2. The molecule has 0 aliphatic heterocycles. The molecule has 0 saturated carbocycles. The highest BCUT2D eigenvalue weighted by Gasteiger charge is 2.18. The van der Waals surface area contributed by atoms with Gasteiger partial charge in [0.25, 0.3) is 11.8 Å². The van der Waals surface area contributed by atoms with Crippen LogP contribution in [-0.4, -0.2) is 17.9 Å². The van der Waals surface area contributed by atoms with Gasteiger partial charge in [-0.3, -0.25) is 9.59 Å². The number of anilines is 1. The van der Waals surface area contributed by atoms with E-state index in [1.165, 1.54) is 18.2 Å². The minimum Gasteiger partial charge on any atom is -0.480 e. The fourth-order valence-corrected chi connectivity index (χ4v) is 2.09. The van der Waals surface area contributed by atoms with Gasteiger partial charge in [-0.2, -0.15) is 5.26 Å². The molecule has 3 N–H and O–H groups in total. The standard InChI is InChI=1S/C17H14ClN3O3/c1-10(17(23)21-13-5-2-11(9-19)3-6-13)24-15-7-4-12(18)8-14(15)16(20)22/h2-8,10H,1H3,(H2,20,22)(H,21,23)/t10-/m0/s1. The average molecular weight is 344 g/mol. The highest BCUT2D eigenvalue weighted by atomic mass is 35.5. The lowest BCUT2D eigenvalue weighted by molar-refractivity contribution is -0.122. The first-order valence-corrected chi connectivity index (χ1v) is 7.35. The second-order valence-electron chi connectivity index (χ2n) is 4.94. The summed E-state index contributed by atoms with van der Waals surface area (Å²) >= 11 is 5.83. The molecule has 0 aliphatic carbocycles. The smallest absolute Gasteiger partial charge is 0.265 e. The first-order valence-electron chi connectivity index (χ1n) is 6.97. The maximum Gasteiger partial charge on any atom is 0.265 e. The predicted molar refractivity (Wildman–Crippen MR) is 89.8 cm³/mol. The van der Waals surface area contributed by atoms with Gasteiger partial charge in [0, 0.05) is 10.7 Å². The summed E-state index contributed by atoms with van der Waals surface area (Å²) in [4.78, 5) is 23.6. The van der Waals surface area contributed by atoms with Crippen LogP contribution >= 0.6 is 11.6 Å². The Hall–Kier alpha value is -3.04. The van der Waals surface area contributed by atoms with Gasteiger partial charge < -0.3 is 15.8 Å². The van der Waals surface area contributed by atoms with Crippen molar-refractivity contribution in [2.45, 2.75) is 13.0 Å². The molecule has 1 atom stereocenters. The van der Waals surface area contributed by atoms with Crippen LogP contribution in [0.2, 0.25) is 5.02 Å². The molecule has 122 valence electrons. The molecule has 2 aromatic rings. The van der Waals surface area contributed by atoms with Crippen LogP contribution in [0.4, 0.5) is 5.69 Å². The SMILES string of the molecule is C[C@H](Oc1ccc(Cl)cc1C(N)=O)C(=O)Nc1ccc(C#N)cc1. The van der Waals surface area contributed by atoms with Crippen molar-refractivity contribution >= 4 is 29.1 Å². The topological polar surface area (TPSA) is 105 Å². The third-order valence-corrected chi connectivity index (χ3v) is 3.40. The van der Waals surface area contributed by atoms with Gasteiger partial charge in [-0.1, -0.05) is 11.6 Å². The lowest BCUT2D eigenvalue weighted by Gasteiger charge is -2.16. The van der Waals surface area contributed by atoms with E-state index < -0.39 is 17.9 Å². The first-order chi connectivity index (χ1) is 11.4. The quantitative estimate of drug-likeness (QED) is 0.870. The van der Waals surface area contributed by atoms with Gasteiger partial charge in [0.05, 0.1) is 17.2 Å². The number of nitrogens with two attached hydrogens (primary N) is 1. The highest BCUT2D eigenvalue weighted by Crippen LogP contribution is 2.23. The van der Waals surface area contributed by atoms with Crippen LogP contribution in [0.15, 0.2) is 42.5 Å². The predicted octanol–water partition coefficient (Wildman–Crippen LogP) is 2.72. The van der Waals surface area contributed by atoms with E-state index in [0.717, 1.165) is 0 Å². The molecule has 7 heteroatoms. The Labute approximate surface area is 143 Å². The molecule has 0 aliphatic rings. The maximum atomic E-state index is 12.2. The number of ether oxygens (including phenoxy) is 1. The van der Waals surface area contributed by atoms with Crippen molar-refractivity contribution in [3.63, 3.8) is 0 Å². The van der Waals surface area contributed by atoms with Crippen LogP contribution in [-0.2, 0) is 4.79 Å². The average Bonchev–Trinajstić information content (AvgIpc) is 2.56. The van der Waals surface area contributed by atoms with Crippen molar-refractivity contribution in [1.29, 1.82) is 5.26 Å². The van der Waals surface area contributed by atoms with E-state index in [0.29, 0.717) is 16.3 Å². The number of carbonyl (C=O) groups excluding carboxylic acids is 2. The molecular weight excluding hydrogens is 330 g/mol. The monoisotopic (exact) mass is 343 g/mol. The summed E-state index contributed by atoms with van der Waals surface area (Å²) in [5, 5.41) is 11.7. The fraction of sp³-hybridized carbons (Fsp3) is 0.118. The molecule has 0 aromatic heterocycles. The Kier molecular flexibility index (Phi) is 5.40. The fourth-order valence-electron chi connectivity index (χ4n) is 1.91. The van der Waals surface area contributed by atoms with E-state index in [1.54, 1.807) is 31.2 Å². The van der Waals surface area contributed by atoms with Gasteiger partial charge in [-0.15, -0.1) is 0 Å². The molecule has 6 nitrogen and oxygen atoms in total. The zero-order chi connectivity index (χ0) is 17.7. The summed E-state index contributed by atoms with van der Waals surface area (Å²) in [5.41, 5.74) is 6.40. The summed E-state index contributed by atoms with van der Waals surface area (Å²) in [7, 11) is 0. The van der Waals surface area contributed by atoms with E-state index in [2.05, 4.69) is 5.32 Å². The van der Waals surface area contributed by atoms with Crippen molar-refractivity contribution in [3.8, 4) is 11.8 Å². The Bertz CT molecular complexity index is 813. The number of nitrogens with one attached hydrogen (secondary N) is 1. The number of hydrogen-bond acceptors (Lipinski definition) is 4. The summed E-state index contributed by atoms with van der Waals surface area (Å²) in [5.74, 6) is -0.938. The molecule has 24 heavy (non-hydrogen) atoms. The number of rotatable bonds is 5. The minimum atomic E-state index is -0.875. The number of carbonyl (C=O) groups is 2. The molecule has 0 spiro atoms. The Balaban J connectivity index is 2.09. The zero-order valence-corrected chi connectivity index (χ0v) is 13.5. The number of primary amides is 1. The third kappa shape index (κ3) is 4.24. The maximum absolute atomic E-state index is 12.2. The second kappa shape index (κ2) is 7.49. The van der Waals surface area contributed by atoms with Crippen LogP contribution in [0.25, 0.3) is 0 Å². The van der Waals surface area contributed by atoms with Crippen molar-refractivity contribution in [1.82, 2.24) is 0 Å². The van der Waals surface area contributed by atoms with E-state index in [1.807, 2.05) is 6.07 Å². The second-order valence-corrected chi connectivity index (χ2v) is 5.38. The Morgan fingerprint density at radius 2 is 1.92 bits per heavy atom. The summed E-state index contributed by atoms with van der Waals surface area (Å²) < 4.78 is 5.52. The Morgan fingerprint density at radius 3 is 2.50 bits per heavy atom. The summed E-state index contributed by atoms with van der Waals surface area (Å²) in [6.07, 6.45) is -0.875. The van der Waals surface area contributed by atoms with Crippen molar-refractivity contribution < 1.29 is 14.3 Å². The van der Waals surface area contributed by atoms with Gasteiger partial charge in [0.2, 0.25) is 0 Å². The normalized spacial score (nSPS) is 11.2.